The molecule has 0 N–H and O–H groups in total. The number of hydrogen-bond acceptors (Lipinski definition) is 2. The van der Waals surface area contributed by atoms with Gasteiger partial charge in [0.25, 0.3) is 0 Å². The number of nitrogens with zero attached hydrogens (tertiary/aromatic N) is 1. The summed E-state index contributed by atoms with van der Waals surface area (Å²) in [5.41, 5.74) is 17.5. The summed E-state index contributed by atoms with van der Waals surface area (Å²) in [7, 11) is 0. The van der Waals surface area contributed by atoms with E-state index in [4.69, 9.17) is 0 Å². The van der Waals surface area contributed by atoms with Crippen molar-refractivity contribution in [3.63, 3.8) is 0 Å². The predicted molar refractivity (Wildman–Crippen MR) is 196 cm³/mol. The highest BCUT2D eigenvalue weighted by Gasteiger charge is 2.27. The van der Waals surface area contributed by atoms with E-state index in [1.54, 1.807) is 0 Å². The lowest BCUT2D eigenvalue weighted by atomic mass is 9.90. The van der Waals surface area contributed by atoms with Crippen molar-refractivity contribution in [1.29, 1.82) is 0 Å². The molecule has 7 aromatic carbocycles. The molecule has 0 spiro atoms. The third-order valence-corrected chi connectivity index (χ3v) is 11.1. The van der Waals surface area contributed by atoms with Crippen molar-refractivity contribution in [2.75, 3.05) is 4.90 Å². The lowest BCUT2D eigenvalue weighted by Gasteiger charge is -2.26. The van der Waals surface area contributed by atoms with Crippen LogP contribution in [-0.4, -0.2) is 0 Å². The molecule has 0 fully saturated rings. The van der Waals surface area contributed by atoms with Gasteiger partial charge in [-0.2, -0.15) is 0 Å². The van der Waals surface area contributed by atoms with Gasteiger partial charge in [0.2, 0.25) is 0 Å². The van der Waals surface area contributed by atoms with Gasteiger partial charge in [-0.15, -0.1) is 11.3 Å². The standard InChI is InChI=1S/C44H29NS/c1-2-11-30(12-3-1)45(32-21-23-40-39-14-6-7-19-43(39)46-44(40)27-32)31-20-22-34-29(24-31)26-42-36(34)16-9-18-38(42)37-17-8-15-35-33-13-5-4-10-28(33)25-41(35)37/h1-24,27H,25-26H2. The van der Waals surface area contributed by atoms with Crippen LogP contribution in [0.25, 0.3) is 53.6 Å². The van der Waals surface area contributed by atoms with Gasteiger partial charge < -0.3 is 4.90 Å². The van der Waals surface area contributed by atoms with E-state index in [1.165, 1.54) is 92.9 Å². The van der Waals surface area contributed by atoms with Gasteiger partial charge >= 0.3 is 0 Å². The molecule has 2 aliphatic rings. The Balaban J connectivity index is 1.08. The number of para-hydroxylation sites is 1. The van der Waals surface area contributed by atoms with Crippen molar-refractivity contribution in [3.8, 4) is 33.4 Å². The first-order chi connectivity index (χ1) is 22.8. The van der Waals surface area contributed by atoms with Crippen molar-refractivity contribution >= 4 is 48.6 Å². The number of hydrogen-bond donors (Lipinski definition) is 0. The zero-order valence-electron chi connectivity index (χ0n) is 25.2. The van der Waals surface area contributed by atoms with Crippen molar-refractivity contribution < 1.29 is 0 Å². The molecule has 0 radical (unpaired) electrons. The van der Waals surface area contributed by atoms with Crippen LogP contribution in [0.1, 0.15) is 22.3 Å². The molecule has 1 nitrogen and oxygen atoms in total. The minimum absolute atomic E-state index is 0.934. The highest BCUT2D eigenvalue weighted by molar-refractivity contribution is 7.25. The summed E-state index contributed by atoms with van der Waals surface area (Å²) < 4.78 is 2.65. The Hall–Kier alpha value is -5.44. The first kappa shape index (κ1) is 25.8. The molecule has 46 heavy (non-hydrogen) atoms. The molecule has 216 valence electrons. The molecule has 0 amide bonds. The van der Waals surface area contributed by atoms with Crippen molar-refractivity contribution in [1.82, 2.24) is 0 Å². The van der Waals surface area contributed by atoms with E-state index in [0.717, 1.165) is 12.8 Å². The fourth-order valence-electron chi connectivity index (χ4n) is 7.89. The summed E-state index contributed by atoms with van der Waals surface area (Å²) in [5, 5.41) is 2.66. The van der Waals surface area contributed by atoms with Gasteiger partial charge in [-0.05, 0) is 111 Å². The van der Waals surface area contributed by atoms with Crippen LogP contribution in [0.15, 0.2) is 152 Å². The van der Waals surface area contributed by atoms with Crippen LogP contribution in [0, 0.1) is 0 Å². The predicted octanol–water partition coefficient (Wildman–Crippen LogP) is 12.3. The SMILES string of the molecule is c1ccc(N(c2ccc3c(c2)Cc2c-3cccc2-c2cccc3c2Cc2ccccc2-3)c2ccc3c(c2)sc2ccccc23)cc1. The molecular weight excluding hydrogens is 575 g/mol. The van der Waals surface area contributed by atoms with E-state index in [1.807, 2.05) is 11.3 Å². The Morgan fingerprint density at radius 2 is 0.935 bits per heavy atom. The van der Waals surface area contributed by atoms with Crippen LogP contribution < -0.4 is 4.90 Å². The number of rotatable bonds is 4. The maximum Gasteiger partial charge on any atom is 0.0476 e. The van der Waals surface area contributed by atoms with Gasteiger partial charge in [0, 0.05) is 37.2 Å². The fourth-order valence-corrected chi connectivity index (χ4v) is 9.03. The Morgan fingerprint density at radius 1 is 0.370 bits per heavy atom. The molecule has 0 bridgehead atoms. The molecular formula is C44H29NS. The lowest BCUT2D eigenvalue weighted by Crippen LogP contribution is -2.10. The topological polar surface area (TPSA) is 3.24 Å². The molecule has 1 heterocycles. The van der Waals surface area contributed by atoms with Gasteiger partial charge in [-0.3, -0.25) is 0 Å². The molecule has 0 saturated heterocycles. The van der Waals surface area contributed by atoms with Gasteiger partial charge in [0.05, 0.1) is 0 Å². The largest absolute Gasteiger partial charge is 0.310 e. The Labute approximate surface area is 272 Å². The summed E-state index contributed by atoms with van der Waals surface area (Å²) in [6.45, 7) is 0. The van der Waals surface area contributed by atoms with Crippen LogP contribution in [0.3, 0.4) is 0 Å². The zero-order valence-corrected chi connectivity index (χ0v) is 26.0. The van der Waals surface area contributed by atoms with Crippen molar-refractivity contribution in [2.24, 2.45) is 0 Å². The molecule has 0 saturated carbocycles. The summed E-state index contributed by atoms with van der Waals surface area (Å²) in [4.78, 5) is 2.41. The summed E-state index contributed by atoms with van der Waals surface area (Å²) in [6, 6.07) is 56.2. The Kier molecular flexibility index (Phi) is 5.64. The van der Waals surface area contributed by atoms with Crippen molar-refractivity contribution in [3.05, 3.63) is 174 Å². The van der Waals surface area contributed by atoms with E-state index in [2.05, 4.69) is 157 Å². The highest BCUT2D eigenvalue weighted by Crippen LogP contribution is 2.48. The van der Waals surface area contributed by atoms with Crippen LogP contribution >= 0.6 is 11.3 Å². The second-order valence-electron chi connectivity index (χ2n) is 12.5. The highest BCUT2D eigenvalue weighted by atomic mass is 32.1. The second kappa shape index (κ2) is 10.0. The van der Waals surface area contributed by atoms with Gasteiger partial charge in [0.15, 0.2) is 0 Å². The summed E-state index contributed by atoms with van der Waals surface area (Å²) in [5.74, 6) is 0. The molecule has 10 rings (SSSR count). The molecule has 0 aliphatic heterocycles. The molecule has 2 heteroatoms. The van der Waals surface area contributed by atoms with Crippen LogP contribution in [0.2, 0.25) is 0 Å². The third kappa shape index (κ3) is 3.87. The summed E-state index contributed by atoms with van der Waals surface area (Å²) in [6.07, 6.45) is 1.93. The number of anilines is 3. The third-order valence-electron chi connectivity index (χ3n) is 9.96. The van der Waals surface area contributed by atoms with E-state index in [0.29, 0.717) is 0 Å². The second-order valence-corrected chi connectivity index (χ2v) is 13.5. The van der Waals surface area contributed by atoms with E-state index in [9.17, 15) is 0 Å². The first-order valence-corrected chi connectivity index (χ1v) is 16.8. The van der Waals surface area contributed by atoms with Crippen LogP contribution in [0.4, 0.5) is 17.1 Å². The van der Waals surface area contributed by atoms with Gasteiger partial charge in [-0.25, -0.2) is 0 Å². The van der Waals surface area contributed by atoms with E-state index >= 15 is 0 Å². The number of benzene rings is 7. The average molecular weight is 604 g/mol. The maximum atomic E-state index is 2.42. The van der Waals surface area contributed by atoms with Crippen molar-refractivity contribution in [2.45, 2.75) is 12.8 Å². The summed E-state index contributed by atoms with van der Waals surface area (Å²) >= 11 is 1.87. The van der Waals surface area contributed by atoms with E-state index < -0.39 is 0 Å². The average Bonchev–Trinajstić information content (AvgIpc) is 3.79. The fraction of sp³-hybridized carbons (Fsp3) is 0.0455. The quantitative estimate of drug-likeness (QED) is 0.193. The van der Waals surface area contributed by atoms with Crippen LogP contribution in [0.5, 0.6) is 0 Å². The molecule has 0 atom stereocenters. The lowest BCUT2D eigenvalue weighted by molar-refractivity contribution is 1.22. The molecule has 8 aromatic rings. The van der Waals surface area contributed by atoms with Crippen LogP contribution in [-0.2, 0) is 12.8 Å². The Morgan fingerprint density at radius 3 is 1.74 bits per heavy atom. The minimum Gasteiger partial charge on any atom is -0.310 e. The smallest absolute Gasteiger partial charge is 0.0476 e. The Bertz CT molecular complexity index is 2490. The number of fused-ring (bicyclic) bond motifs is 9. The van der Waals surface area contributed by atoms with Gasteiger partial charge in [-0.1, -0.05) is 109 Å². The molecule has 0 unspecified atom stereocenters. The zero-order chi connectivity index (χ0) is 30.2. The van der Waals surface area contributed by atoms with E-state index in [-0.39, 0.29) is 0 Å². The maximum absolute atomic E-state index is 2.42. The number of thiophene rings is 1. The molecule has 1 aromatic heterocycles. The minimum atomic E-state index is 0.934. The normalized spacial score (nSPS) is 12.6. The molecule has 2 aliphatic carbocycles. The van der Waals surface area contributed by atoms with Gasteiger partial charge in [0.1, 0.15) is 0 Å². The monoisotopic (exact) mass is 603 g/mol. The first-order valence-electron chi connectivity index (χ1n) is 16.0.